The molecule has 0 aliphatic heterocycles. The maximum atomic E-state index is 9.87. The number of benzene rings is 1. The van der Waals surface area contributed by atoms with Gasteiger partial charge in [-0.25, -0.2) is 0 Å². The fraction of sp³-hybridized carbons (Fsp3) is 0.625. The molecule has 19 heavy (non-hydrogen) atoms. The molecule has 0 bridgehead atoms. The molecule has 0 aliphatic rings. The number of ether oxygens (including phenoxy) is 1. The van der Waals surface area contributed by atoms with Gasteiger partial charge in [0.15, 0.2) is 0 Å². The molecule has 1 aromatic carbocycles. The summed E-state index contributed by atoms with van der Waals surface area (Å²) in [5, 5.41) is 13.1. The number of nitrogens with one attached hydrogen (secondary N) is 1. The summed E-state index contributed by atoms with van der Waals surface area (Å²) in [7, 11) is 0. The lowest BCUT2D eigenvalue weighted by atomic mass is 9.86. The minimum absolute atomic E-state index is 0.0394. The topological polar surface area (TPSA) is 41.5 Å². The zero-order valence-corrected chi connectivity index (χ0v) is 12.7. The maximum Gasteiger partial charge on any atom is 0.123 e. The Morgan fingerprint density at radius 1 is 1.21 bits per heavy atom. The fourth-order valence-corrected chi connectivity index (χ4v) is 1.83. The van der Waals surface area contributed by atoms with Crippen LogP contribution < -0.4 is 10.1 Å². The second kappa shape index (κ2) is 6.92. The van der Waals surface area contributed by atoms with Crippen molar-refractivity contribution in [3.63, 3.8) is 0 Å². The van der Waals surface area contributed by atoms with Crippen LogP contribution in [0.15, 0.2) is 24.3 Å². The first kappa shape index (κ1) is 16.0. The van der Waals surface area contributed by atoms with Crippen molar-refractivity contribution in [2.24, 2.45) is 0 Å². The quantitative estimate of drug-likeness (QED) is 0.831. The summed E-state index contributed by atoms with van der Waals surface area (Å²) < 4.78 is 5.77. The molecule has 0 aromatic heterocycles. The largest absolute Gasteiger partial charge is 0.491 e. The van der Waals surface area contributed by atoms with E-state index < -0.39 is 6.10 Å². The van der Waals surface area contributed by atoms with E-state index in [1.165, 1.54) is 5.56 Å². The Balaban J connectivity index is 2.58. The fourth-order valence-electron chi connectivity index (χ4n) is 1.83. The van der Waals surface area contributed by atoms with Crippen LogP contribution in [-0.4, -0.2) is 30.4 Å². The van der Waals surface area contributed by atoms with Crippen molar-refractivity contribution >= 4 is 0 Å². The van der Waals surface area contributed by atoms with Gasteiger partial charge in [0.05, 0.1) is 0 Å². The van der Waals surface area contributed by atoms with E-state index in [1.54, 1.807) is 0 Å². The van der Waals surface area contributed by atoms with Crippen LogP contribution in [0.1, 0.15) is 40.2 Å². The van der Waals surface area contributed by atoms with Crippen LogP contribution in [0.5, 0.6) is 5.75 Å². The van der Waals surface area contributed by atoms with Gasteiger partial charge in [0.2, 0.25) is 0 Å². The highest BCUT2D eigenvalue weighted by Gasteiger charge is 2.18. The van der Waals surface area contributed by atoms with Gasteiger partial charge < -0.3 is 15.2 Å². The van der Waals surface area contributed by atoms with E-state index in [0.717, 1.165) is 5.75 Å². The second-order valence-electron chi connectivity index (χ2n) is 6.27. The normalized spacial score (nSPS) is 13.6. The molecule has 1 rings (SSSR count). The molecule has 0 radical (unpaired) electrons. The zero-order chi connectivity index (χ0) is 14.5. The van der Waals surface area contributed by atoms with E-state index in [-0.39, 0.29) is 5.41 Å². The first-order valence-corrected chi connectivity index (χ1v) is 6.94. The Morgan fingerprint density at radius 3 is 2.42 bits per heavy atom. The van der Waals surface area contributed by atoms with Crippen LogP contribution >= 0.6 is 0 Å². The van der Waals surface area contributed by atoms with Crippen LogP contribution in [0, 0.1) is 0 Å². The first-order chi connectivity index (χ1) is 8.80. The highest BCUT2D eigenvalue weighted by atomic mass is 16.5. The SMILES string of the molecule is CC(C)NC[C@H](O)COc1ccccc1C(C)(C)C. The van der Waals surface area contributed by atoms with Crippen molar-refractivity contribution in [1.82, 2.24) is 5.32 Å². The number of rotatable bonds is 6. The van der Waals surface area contributed by atoms with E-state index in [2.05, 4.69) is 46.0 Å². The molecular formula is C16H27NO2. The molecule has 0 aliphatic carbocycles. The molecule has 0 unspecified atom stereocenters. The Morgan fingerprint density at radius 2 is 1.84 bits per heavy atom. The van der Waals surface area contributed by atoms with Gasteiger partial charge in [0.1, 0.15) is 18.5 Å². The van der Waals surface area contributed by atoms with E-state index in [1.807, 2.05) is 18.2 Å². The van der Waals surface area contributed by atoms with E-state index in [9.17, 15) is 5.11 Å². The van der Waals surface area contributed by atoms with Crippen LogP contribution in [0.2, 0.25) is 0 Å². The van der Waals surface area contributed by atoms with Crippen LogP contribution in [-0.2, 0) is 5.41 Å². The van der Waals surface area contributed by atoms with Crippen molar-refractivity contribution in [3.05, 3.63) is 29.8 Å². The van der Waals surface area contributed by atoms with Gasteiger partial charge >= 0.3 is 0 Å². The standard InChI is InChI=1S/C16H27NO2/c1-12(2)17-10-13(18)11-19-15-9-7-6-8-14(15)16(3,4)5/h6-9,12-13,17-18H,10-11H2,1-5H3/t13-/m0/s1. The molecule has 0 spiro atoms. The number of aliphatic hydroxyl groups is 1. The van der Waals surface area contributed by atoms with Gasteiger partial charge in [-0.1, -0.05) is 52.8 Å². The van der Waals surface area contributed by atoms with Gasteiger partial charge in [-0.2, -0.15) is 0 Å². The number of hydrogen-bond donors (Lipinski definition) is 2. The summed E-state index contributed by atoms with van der Waals surface area (Å²) in [6.07, 6.45) is -0.490. The zero-order valence-electron chi connectivity index (χ0n) is 12.7. The number of hydrogen-bond acceptors (Lipinski definition) is 3. The molecule has 0 saturated carbocycles. The van der Waals surface area contributed by atoms with E-state index >= 15 is 0 Å². The molecule has 108 valence electrons. The summed E-state index contributed by atoms with van der Waals surface area (Å²) in [6.45, 7) is 11.5. The average molecular weight is 265 g/mol. The maximum absolute atomic E-state index is 9.87. The molecule has 0 saturated heterocycles. The Kier molecular flexibility index (Phi) is 5.83. The summed E-state index contributed by atoms with van der Waals surface area (Å²) in [5.74, 6) is 0.860. The smallest absolute Gasteiger partial charge is 0.123 e. The third kappa shape index (κ3) is 5.62. The number of para-hydroxylation sites is 1. The molecule has 2 N–H and O–H groups in total. The van der Waals surface area contributed by atoms with Crippen LogP contribution in [0.25, 0.3) is 0 Å². The molecule has 3 nitrogen and oxygen atoms in total. The minimum Gasteiger partial charge on any atom is -0.491 e. The van der Waals surface area contributed by atoms with Crippen molar-refractivity contribution in [2.75, 3.05) is 13.2 Å². The van der Waals surface area contributed by atoms with Crippen LogP contribution in [0.4, 0.5) is 0 Å². The van der Waals surface area contributed by atoms with Gasteiger partial charge in [0, 0.05) is 12.6 Å². The Labute approximate surface area is 117 Å². The Hall–Kier alpha value is -1.06. The molecule has 1 aromatic rings. The van der Waals surface area contributed by atoms with Crippen molar-refractivity contribution in [1.29, 1.82) is 0 Å². The van der Waals surface area contributed by atoms with Gasteiger partial charge in [-0.05, 0) is 17.0 Å². The lowest BCUT2D eigenvalue weighted by Crippen LogP contribution is -2.35. The third-order valence-electron chi connectivity index (χ3n) is 2.89. The summed E-state index contributed by atoms with van der Waals surface area (Å²) >= 11 is 0. The second-order valence-corrected chi connectivity index (χ2v) is 6.27. The summed E-state index contributed by atoms with van der Waals surface area (Å²) in [4.78, 5) is 0. The Bertz CT molecular complexity index is 383. The van der Waals surface area contributed by atoms with E-state index in [4.69, 9.17) is 4.74 Å². The van der Waals surface area contributed by atoms with Crippen LogP contribution in [0.3, 0.4) is 0 Å². The lowest BCUT2D eigenvalue weighted by Gasteiger charge is -2.23. The van der Waals surface area contributed by atoms with Crippen molar-refractivity contribution < 1.29 is 9.84 Å². The van der Waals surface area contributed by atoms with Gasteiger partial charge in [-0.3, -0.25) is 0 Å². The summed E-state index contributed by atoms with van der Waals surface area (Å²) in [5.41, 5.74) is 1.21. The average Bonchev–Trinajstić information content (AvgIpc) is 2.33. The highest BCUT2D eigenvalue weighted by Crippen LogP contribution is 2.30. The molecule has 0 amide bonds. The lowest BCUT2D eigenvalue weighted by molar-refractivity contribution is 0.103. The number of aliphatic hydroxyl groups excluding tert-OH is 1. The van der Waals surface area contributed by atoms with Gasteiger partial charge in [0.25, 0.3) is 0 Å². The first-order valence-electron chi connectivity index (χ1n) is 6.94. The minimum atomic E-state index is -0.490. The predicted octanol–water partition coefficient (Wildman–Crippen LogP) is 2.72. The van der Waals surface area contributed by atoms with Crippen molar-refractivity contribution in [2.45, 2.75) is 52.2 Å². The third-order valence-corrected chi connectivity index (χ3v) is 2.89. The molecule has 0 heterocycles. The monoisotopic (exact) mass is 265 g/mol. The van der Waals surface area contributed by atoms with Gasteiger partial charge in [-0.15, -0.1) is 0 Å². The molecule has 1 atom stereocenters. The molecule has 0 fully saturated rings. The molecular weight excluding hydrogens is 238 g/mol. The van der Waals surface area contributed by atoms with E-state index in [0.29, 0.717) is 19.2 Å². The summed E-state index contributed by atoms with van der Waals surface area (Å²) in [6, 6.07) is 8.39. The highest BCUT2D eigenvalue weighted by molar-refractivity contribution is 5.38. The molecule has 3 heteroatoms. The van der Waals surface area contributed by atoms with Crippen molar-refractivity contribution in [3.8, 4) is 5.75 Å². The predicted molar refractivity (Wildman–Crippen MR) is 79.8 cm³/mol.